The van der Waals surface area contributed by atoms with E-state index < -0.39 is 5.97 Å². The summed E-state index contributed by atoms with van der Waals surface area (Å²) in [6, 6.07) is 12.2. The molecule has 1 amide bonds. The SMILES string of the molecule is Cc1ccc(C(=O)O)c(OCC(=O)N(CCCN2CCOCC2)Cc2ccc(Cl)cc2)c1. The standard InChI is InChI=1S/C24H29ClN2O5/c1-18-3-8-21(24(29)30)22(15-18)32-17-23(28)27(16-19-4-6-20(25)7-5-19)10-2-9-26-11-13-31-14-12-26/h3-8,15H,2,9-14,16-17H2,1H3,(H,29,30). The van der Waals surface area contributed by atoms with E-state index in [-0.39, 0.29) is 23.8 Å². The van der Waals surface area contributed by atoms with E-state index in [0.717, 1.165) is 50.4 Å². The maximum atomic E-state index is 13.0. The number of carboxylic acids is 1. The van der Waals surface area contributed by atoms with Crippen molar-refractivity contribution in [3.63, 3.8) is 0 Å². The molecule has 0 bridgehead atoms. The number of amides is 1. The molecule has 1 fully saturated rings. The molecule has 2 aromatic rings. The minimum atomic E-state index is -1.09. The number of carboxylic acid groups (broad SMARTS) is 1. The van der Waals surface area contributed by atoms with Crippen LogP contribution < -0.4 is 4.74 Å². The van der Waals surface area contributed by atoms with Crippen molar-refractivity contribution in [2.45, 2.75) is 19.9 Å². The number of hydrogen-bond acceptors (Lipinski definition) is 5. The van der Waals surface area contributed by atoms with Crippen LogP contribution in [0, 0.1) is 6.92 Å². The molecule has 0 spiro atoms. The van der Waals surface area contributed by atoms with Crippen LogP contribution in [0.15, 0.2) is 42.5 Å². The molecule has 3 rings (SSSR count). The predicted octanol–water partition coefficient (Wildman–Crippen LogP) is 3.48. The van der Waals surface area contributed by atoms with Crippen LogP contribution in [0.25, 0.3) is 0 Å². The smallest absolute Gasteiger partial charge is 0.339 e. The zero-order chi connectivity index (χ0) is 22.9. The number of benzene rings is 2. The number of morpholine rings is 1. The van der Waals surface area contributed by atoms with Crippen molar-refractivity contribution in [2.24, 2.45) is 0 Å². The highest BCUT2D eigenvalue weighted by Crippen LogP contribution is 2.21. The third kappa shape index (κ3) is 7.22. The van der Waals surface area contributed by atoms with E-state index in [1.165, 1.54) is 6.07 Å². The number of ether oxygens (including phenoxy) is 2. The first-order valence-corrected chi connectivity index (χ1v) is 11.1. The molecule has 8 heteroatoms. The molecular weight excluding hydrogens is 432 g/mol. The lowest BCUT2D eigenvalue weighted by molar-refractivity contribution is -0.134. The summed E-state index contributed by atoms with van der Waals surface area (Å²) in [5.74, 6) is -1.08. The van der Waals surface area contributed by atoms with E-state index in [9.17, 15) is 14.7 Å². The van der Waals surface area contributed by atoms with Gasteiger partial charge >= 0.3 is 5.97 Å². The van der Waals surface area contributed by atoms with Crippen LogP contribution in [0.4, 0.5) is 0 Å². The van der Waals surface area contributed by atoms with Gasteiger partial charge in [0.15, 0.2) is 6.61 Å². The Bertz CT molecular complexity index is 913. The van der Waals surface area contributed by atoms with Crippen molar-refractivity contribution >= 4 is 23.5 Å². The summed E-state index contributed by atoms with van der Waals surface area (Å²) in [5.41, 5.74) is 1.87. The Labute approximate surface area is 193 Å². The molecule has 1 saturated heterocycles. The number of carbonyl (C=O) groups excluding carboxylic acids is 1. The molecule has 1 aliphatic heterocycles. The molecule has 1 heterocycles. The molecule has 0 unspecified atom stereocenters. The van der Waals surface area contributed by atoms with Gasteiger partial charge in [-0.3, -0.25) is 9.69 Å². The van der Waals surface area contributed by atoms with Gasteiger partial charge in [-0.25, -0.2) is 4.79 Å². The fourth-order valence-electron chi connectivity index (χ4n) is 3.57. The maximum Gasteiger partial charge on any atom is 0.339 e. The topological polar surface area (TPSA) is 79.3 Å². The Balaban J connectivity index is 1.64. The van der Waals surface area contributed by atoms with Crippen molar-refractivity contribution in [3.05, 3.63) is 64.2 Å². The summed E-state index contributed by atoms with van der Waals surface area (Å²) >= 11 is 5.99. The first-order chi connectivity index (χ1) is 15.4. The number of halogens is 1. The molecule has 0 atom stereocenters. The number of aryl methyl sites for hydroxylation is 1. The second-order valence-corrected chi connectivity index (χ2v) is 8.28. The van der Waals surface area contributed by atoms with Crippen molar-refractivity contribution in [2.75, 3.05) is 46.0 Å². The Morgan fingerprint density at radius 2 is 1.88 bits per heavy atom. The van der Waals surface area contributed by atoms with Crippen molar-refractivity contribution < 1.29 is 24.2 Å². The highest BCUT2D eigenvalue weighted by atomic mass is 35.5. The quantitative estimate of drug-likeness (QED) is 0.584. The summed E-state index contributed by atoms with van der Waals surface area (Å²) in [5, 5.41) is 10.0. The zero-order valence-corrected chi connectivity index (χ0v) is 19.0. The van der Waals surface area contributed by atoms with Crippen molar-refractivity contribution in [1.29, 1.82) is 0 Å². The lowest BCUT2D eigenvalue weighted by atomic mass is 10.1. The van der Waals surface area contributed by atoms with Gasteiger partial charge in [-0.1, -0.05) is 29.8 Å². The number of carbonyl (C=O) groups is 2. The maximum absolute atomic E-state index is 13.0. The minimum absolute atomic E-state index is 0.0416. The van der Waals surface area contributed by atoms with E-state index in [4.69, 9.17) is 21.1 Å². The van der Waals surface area contributed by atoms with Crippen LogP contribution in [0.1, 0.15) is 27.9 Å². The molecule has 2 aromatic carbocycles. The third-order valence-corrected chi connectivity index (χ3v) is 5.62. The fourth-order valence-corrected chi connectivity index (χ4v) is 3.69. The molecule has 0 saturated carbocycles. The number of rotatable bonds is 10. The Hall–Kier alpha value is -2.61. The minimum Gasteiger partial charge on any atom is -0.483 e. The highest BCUT2D eigenvalue weighted by Gasteiger charge is 2.18. The average Bonchev–Trinajstić information content (AvgIpc) is 2.78. The molecule has 0 aromatic heterocycles. The van der Waals surface area contributed by atoms with Gasteiger partial charge in [-0.05, 0) is 48.7 Å². The predicted molar refractivity (Wildman–Crippen MR) is 122 cm³/mol. The van der Waals surface area contributed by atoms with E-state index in [1.807, 2.05) is 19.1 Å². The Kier molecular flexibility index (Phi) is 8.90. The average molecular weight is 461 g/mol. The number of aromatic carboxylic acids is 1. The van der Waals surface area contributed by atoms with Gasteiger partial charge in [0.1, 0.15) is 11.3 Å². The molecule has 7 nitrogen and oxygen atoms in total. The van der Waals surface area contributed by atoms with E-state index in [2.05, 4.69) is 4.90 Å². The summed E-state index contributed by atoms with van der Waals surface area (Å²) in [6.45, 7) is 6.79. The third-order valence-electron chi connectivity index (χ3n) is 5.36. The largest absolute Gasteiger partial charge is 0.483 e. The zero-order valence-electron chi connectivity index (χ0n) is 18.3. The molecule has 1 N–H and O–H groups in total. The van der Waals surface area contributed by atoms with Gasteiger partial charge < -0.3 is 19.5 Å². The van der Waals surface area contributed by atoms with Gasteiger partial charge in [0.2, 0.25) is 0 Å². The van der Waals surface area contributed by atoms with Gasteiger partial charge in [-0.15, -0.1) is 0 Å². The van der Waals surface area contributed by atoms with Crippen LogP contribution in [-0.4, -0.2) is 72.8 Å². The summed E-state index contributed by atoms with van der Waals surface area (Å²) < 4.78 is 11.0. The number of hydrogen-bond donors (Lipinski definition) is 1. The van der Waals surface area contributed by atoms with E-state index in [1.54, 1.807) is 29.2 Å². The van der Waals surface area contributed by atoms with Crippen LogP contribution in [0.2, 0.25) is 5.02 Å². The summed E-state index contributed by atoms with van der Waals surface area (Å²) in [6.07, 6.45) is 0.824. The van der Waals surface area contributed by atoms with Gasteiger partial charge in [0, 0.05) is 37.7 Å². The lowest BCUT2D eigenvalue weighted by Crippen LogP contribution is -2.40. The highest BCUT2D eigenvalue weighted by molar-refractivity contribution is 6.30. The van der Waals surface area contributed by atoms with Gasteiger partial charge in [0.05, 0.1) is 13.2 Å². The van der Waals surface area contributed by atoms with E-state index in [0.29, 0.717) is 18.1 Å². The Morgan fingerprint density at radius 3 is 2.56 bits per heavy atom. The van der Waals surface area contributed by atoms with Gasteiger partial charge in [-0.2, -0.15) is 0 Å². The molecular formula is C24H29ClN2O5. The lowest BCUT2D eigenvalue weighted by Gasteiger charge is -2.28. The monoisotopic (exact) mass is 460 g/mol. The van der Waals surface area contributed by atoms with Crippen LogP contribution in [0.3, 0.4) is 0 Å². The fraction of sp³-hybridized carbons (Fsp3) is 0.417. The Morgan fingerprint density at radius 1 is 1.16 bits per heavy atom. The van der Waals surface area contributed by atoms with Crippen molar-refractivity contribution in [3.8, 4) is 5.75 Å². The molecule has 172 valence electrons. The summed E-state index contributed by atoms with van der Waals surface area (Å²) in [7, 11) is 0. The van der Waals surface area contributed by atoms with E-state index >= 15 is 0 Å². The molecule has 1 aliphatic rings. The molecule has 32 heavy (non-hydrogen) atoms. The van der Waals surface area contributed by atoms with Gasteiger partial charge in [0.25, 0.3) is 5.91 Å². The summed E-state index contributed by atoms with van der Waals surface area (Å²) in [4.78, 5) is 28.6. The molecule has 0 aliphatic carbocycles. The first-order valence-electron chi connectivity index (χ1n) is 10.7. The van der Waals surface area contributed by atoms with Crippen molar-refractivity contribution in [1.82, 2.24) is 9.80 Å². The molecule has 0 radical (unpaired) electrons. The second kappa shape index (κ2) is 11.9. The number of nitrogens with zero attached hydrogens (tertiary/aromatic N) is 2. The van der Waals surface area contributed by atoms with Crippen LogP contribution >= 0.6 is 11.6 Å². The second-order valence-electron chi connectivity index (χ2n) is 7.84. The normalized spacial score (nSPS) is 14.2. The van der Waals surface area contributed by atoms with Crippen LogP contribution in [0.5, 0.6) is 5.75 Å². The van der Waals surface area contributed by atoms with Crippen LogP contribution in [-0.2, 0) is 16.1 Å². The first kappa shape index (κ1) is 24.0.